The van der Waals surface area contributed by atoms with Crippen LogP contribution in [0.4, 0.5) is 0 Å². The van der Waals surface area contributed by atoms with Crippen molar-refractivity contribution in [2.24, 2.45) is 0 Å². The molecule has 0 fully saturated rings. The molecule has 0 atom stereocenters. The van der Waals surface area contributed by atoms with Gasteiger partial charge >= 0.3 is 0 Å². The predicted molar refractivity (Wildman–Crippen MR) is 71.3 cm³/mol. The van der Waals surface area contributed by atoms with E-state index in [1.165, 1.54) is 0 Å². The number of hydrogen-bond acceptors (Lipinski definition) is 3. The molecule has 0 bridgehead atoms. The van der Waals surface area contributed by atoms with Crippen LogP contribution in [0, 0.1) is 0 Å². The Kier molecular flexibility index (Phi) is 3.24. The monoisotopic (exact) mass is 247 g/mol. The minimum Gasteiger partial charge on any atom is -0.307 e. The molecule has 0 unspecified atom stereocenters. The van der Waals surface area contributed by atoms with E-state index in [0.717, 1.165) is 30.2 Å². The molecule has 98 valence electrons. The van der Waals surface area contributed by atoms with Gasteiger partial charge in [0.1, 0.15) is 12.0 Å². The highest BCUT2D eigenvalue weighted by molar-refractivity contribution is 5.51. The maximum Gasteiger partial charge on any atom is 0.182 e. The molecular formula is C13H21N5. The Morgan fingerprint density at radius 3 is 2.50 bits per heavy atom. The van der Waals surface area contributed by atoms with E-state index in [2.05, 4.69) is 60.5 Å². The smallest absolute Gasteiger partial charge is 0.182 e. The maximum absolute atomic E-state index is 4.56. The van der Waals surface area contributed by atoms with Gasteiger partial charge in [0.25, 0.3) is 0 Å². The Labute approximate surface area is 108 Å². The molecule has 0 amide bonds. The van der Waals surface area contributed by atoms with Crippen LogP contribution in [0.2, 0.25) is 0 Å². The molecule has 0 saturated heterocycles. The van der Waals surface area contributed by atoms with Crippen molar-refractivity contribution in [3.63, 3.8) is 0 Å². The minimum atomic E-state index is -0.0337. The van der Waals surface area contributed by atoms with Gasteiger partial charge in [-0.3, -0.25) is 4.68 Å². The summed E-state index contributed by atoms with van der Waals surface area (Å²) in [6.07, 6.45) is 2.72. The second kappa shape index (κ2) is 4.55. The van der Waals surface area contributed by atoms with E-state index in [-0.39, 0.29) is 5.54 Å². The van der Waals surface area contributed by atoms with Crippen LogP contribution in [0.15, 0.2) is 12.4 Å². The molecule has 0 spiro atoms. The Bertz CT molecular complexity index is 530. The van der Waals surface area contributed by atoms with Gasteiger partial charge in [-0.1, -0.05) is 6.92 Å². The minimum absolute atomic E-state index is 0.0337. The van der Waals surface area contributed by atoms with E-state index < -0.39 is 0 Å². The highest BCUT2D eigenvalue weighted by atomic mass is 15.3. The summed E-state index contributed by atoms with van der Waals surface area (Å²) in [4.78, 5) is 0. The van der Waals surface area contributed by atoms with Gasteiger partial charge in [-0.05, 0) is 40.2 Å². The van der Waals surface area contributed by atoms with Crippen molar-refractivity contribution < 1.29 is 0 Å². The van der Waals surface area contributed by atoms with Gasteiger partial charge in [-0.2, -0.15) is 5.10 Å². The first-order valence-corrected chi connectivity index (χ1v) is 6.45. The molecule has 0 N–H and O–H groups in total. The van der Waals surface area contributed by atoms with Crippen molar-refractivity contribution in [2.45, 2.75) is 53.1 Å². The van der Waals surface area contributed by atoms with E-state index in [1.54, 1.807) is 6.33 Å². The Morgan fingerprint density at radius 2 is 1.94 bits per heavy atom. The first kappa shape index (κ1) is 12.8. The standard InChI is InChI=1S/C13H21N5/c1-6-10-8-11(18(7-2)16-10)12-15-14-9-17(12)13(3,4)5/h8-9H,6-7H2,1-5H3. The topological polar surface area (TPSA) is 48.5 Å². The average molecular weight is 247 g/mol. The third-order valence-corrected chi connectivity index (χ3v) is 2.99. The lowest BCUT2D eigenvalue weighted by Gasteiger charge is -2.22. The number of nitrogens with zero attached hydrogens (tertiary/aromatic N) is 5. The fourth-order valence-electron chi connectivity index (χ4n) is 1.96. The van der Waals surface area contributed by atoms with E-state index in [0.29, 0.717) is 0 Å². The van der Waals surface area contributed by atoms with Gasteiger partial charge in [0.2, 0.25) is 0 Å². The molecule has 18 heavy (non-hydrogen) atoms. The van der Waals surface area contributed by atoms with Crippen molar-refractivity contribution in [1.82, 2.24) is 24.5 Å². The molecule has 2 heterocycles. The van der Waals surface area contributed by atoms with Gasteiger partial charge in [0, 0.05) is 12.1 Å². The van der Waals surface area contributed by atoms with Crippen LogP contribution in [0.5, 0.6) is 0 Å². The zero-order valence-corrected chi connectivity index (χ0v) is 11.8. The third-order valence-electron chi connectivity index (χ3n) is 2.99. The summed E-state index contributed by atoms with van der Waals surface area (Å²) < 4.78 is 4.08. The molecule has 5 heteroatoms. The fraction of sp³-hybridized carbons (Fsp3) is 0.615. The third kappa shape index (κ3) is 2.17. The summed E-state index contributed by atoms with van der Waals surface area (Å²) in [6, 6.07) is 2.11. The molecule has 0 radical (unpaired) electrons. The summed E-state index contributed by atoms with van der Waals surface area (Å²) in [5, 5.41) is 12.9. The van der Waals surface area contributed by atoms with Gasteiger partial charge in [-0.25, -0.2) is 0 Å². The van der Waals surface area contributed by atoms with E-state index in [9.17, 15) is 0 Å². The first-order valence-electron chi connectivity index (χ1n) is 6.45. The molecule has 5 nitrogen and oxygen atoms in total. The largest absolute Gasteiger partial charge is 0.307 e. The lowest BCUT2D eigenvalue weighted by atomic mass is 10.1. The van der Waals surface area contributed by atoms with Crippen molar-refractivity contribution in [1.29, 1.82) is 0 Å². The summed E-state index contributed by atoms with van der Waals surface area (Å²) in [6.45, 7) is 11.5. The van der Waals surface area contributed by atoms with Crippen molar-refractivity contribution >= 4 is 0 Å². The predicted octanol–water partition coefficient (Wildman–Crippen LogP) is 2.48. The number of aryl methyl sites for hydroxylation is 2. The van der Waals surface area contributed by atoms with Crippen molar-refractivity contribution in [3.8, 4) is 11.5 Å². The Morgan fingerprint density at radius 1 is 1.22 bits per heavy atom. The van der Waals surface area contributed by atoms with Crippen LogP contribution in [0.1, 0.15) is 40.3 Å². The maximum atomic E-state index is 4.56. The zero-order valence-electron chi connectivity index (χ0n) is 11.8. The zero-order chi connectivity index (χ0) is 13.3. The number of aromatic nitrogens is 5. The number of rotatable bonds is 3. The van der Waals surface area contributed by atoms with Crippen molar-refractivity contribution in [3.05, 3.63) is 18.1 Å². The quantitative estimate of drug-likeness (QED) is 0.837. The highest BCUT2D eigenvalue weighted by Gasteiger charge is 2.21. The van der Waals surface area contributed by atoms with E-state index in [4.69, 9.17) is 0 Å². The Hall–Kier alpha value is -1.65. The SMILES string of the molecule is CCc1cc(-c2nncn2C(C)(C)C)n(CC)n1. The highest BCUT2D eigenvalue weighted by Crippen LogP contribution is 2.24. The molecule has 0 aliphatic heterocycles. The molecule has 2 rings (SSSR count). The summed E-state index contributed by atoms with van der Waals surface area (Å²) in [7, 11) is 0. The second-order valence-corrected chi connectivity index (χ2v) is 5.39. The Balaban J connectivity index is 2.55. The molecular weight excluding hydrogens is 226 g/mol. The summed E-state index contributed by atoms with van der Waals surface area (Å²) in [5.74, 6) is 0.886. The van der Waals surface area contributed by atoms with Crippen LogP contribution in [-0.4, -0.2) is 24.5 Å². The van der Waals surface area contributed by atoms with Crippen LogP contribution in [0.25, 0.3) is 11.5 Å². The normalized spacial score (nSPS) is 12.1. The number of hydrogen-bond donors (Lipinski definition) is 0. The molecule has 2 aromatic heterocycles. The van der Waals surface area contributed by atoms with Gasteiger partial charge in [0.15, 0.2) is 5.82 Å². The molecule has 0 aliphatic carbocycles. The summed E-state index contributed by atoms with van der Waals surface area (Å²) in [5.41, 5.74) is 2.10. The summed E-state index contributed by atoms with van der Waals surface area (Å²) >= 11 is 0. The lowest BCUT2D eigenvalue weighted by Crippen LogP contribution is -2.22. The molecule has 2 aromatic rings. The average Bonchev–Trinajstić information content (AvgIpc) is 2.93. The van der Waals surface area contributed by atoms with Crippen molar-refractivity contribution in [2.75, 3.05) is 0 Å². The molecule has 0 aliphatic rings. The van der Waals surface area contributed by atoms with Crippen LogP contribution in [-0.2, 0) is 18.5 Å². The van der Waals surface area contributed by atoms with Gasteiger partial charge < -0.3 is 4.57 Å². The van der Waals surface area contributed by atoms with E-state index in [1.807, 2.05) is 4.68 Å². The molecule has 0 saturated carbocycles. The van der Waals surface area contributed by atoms with E-state index >= 15 is 0 Å². The first-order chi connectivity index (χ1) is 8.47. The van der Waals surface area contributed by atoms with Crippen LogP contribution < -0.4 is 0 Å². The van der Waals surface area contributed by atoms with Gasteiger partial charge in [0.05, 0.1) is 5.69 Å². The van der Waals surface area contributed by atoms with Gasteiger partial charge in [-0.15, -0.1) is 10.2 Å². The fourth-order valence-corrected chi connectivity index (χ4v) is 1.96. The molecule has 0 aromatic carbocycles. The van der Waals surface area contributed by atoms with Crippen LogP contribution >= 0.6 is 0 Å². The second-order valence-electron chi connectivity index (χ2n) is 5.39. The lowest BCUT2D eigenvalue weighted by molar-refractivity contribution is 0.398. The van der Waals surface area contributed by atoms with Crippen LogP contribution in [0.3, 0.4) is 0 Å².